The number of alkyl halides is 3. The number of hydrogen-bond donors (Lipinski definition) is 2. The largest absolute Gasteiger partial charge is 0.417 e. The van der Waals surface area contributed by atoms with Crippen LogP contribution in [0.1, 0.15) is 15.9 Å². The van der Waals surface area contributed by atoms with Crippen LogP contribution in [0.15, 0.2) is 47.4 Å². The number of para-hydroxylation sites is 1. The lowest BCUT2D eigenvalue weighted by molar-refractivity contribution is -0.138. The summed E-state index contributed by atoms with van der Waals surface area (Å²) in [7, 11) is 0. The molecular formula is C15H12F3N3O3. The van der Waals surface area contributed by atoms with E-state index in [-0.39, 0.29) is 11.3 Å². The fourth-order valence-corrected chi connectivity index (χ4v) is 1.97. The van der Waals surface area contributed by atoms with Crippen molar-refractivity contribution < 1.29 is 22.8 Å². The third-order valence-electron chi connectivity index (χ3n) is 3.09. The highest BCUT2D eigenvalue weighted by Crippen LogP contribution is 2.28. The van der Waals surface area contributed by atoms with Crippen LogP contribution in [0, 0.1) is 0 Å². The highest BCUT2D eigenvalue weighted by molar-refractivity contribution is 6.02. The summed E-state index contributed by atoms with van der Waals surface area (Å²) in [5.74, 6) is -1.55. The number of aromatic nitrogens is 1. The Morgan fingerprint density at radius 1 is 1.12 bits per heavy atom. The van der Waals surface area contributed by atoms with Gasteiger partial charge in [0.1, 0.15) is 6.54 Å². The number of halogens is 3. The number of anilines is 1. The van der Waals surface area contributed by atoms with Crippen LogP contribution in [0.4, 0.5) is 18.9 Å². The maximum Gasteiger partial charge on any atom is 0.417 e. The first kappa shape index (κ1) is 17.3. The Labute approximate surface area is 133 Å². The van der Waals surface area contributed by atoms with Crippen molar-refractivity contribution in [1.82, 2.24) is 4.57 Å². The van der Waals surface area contributed by atoms with Gasteiger partial charge in [-0.2, -0.15) is 13.2 Å². The number of rotatable bonds is 4. The molecule has 2 aromatic rings. The molecule has 126 valence electrons. The van der Waals surface area contributed by atoms with Crippen molar-refractivity contribution in [3.05, 3.63) is 64.1 Å². The van der Waals surface area contributed by atoms with E-state index in [1.807, 2.05) is 0 Å². The number of benzene rings is 1. The zero-order chi connectivity index (χ0) is 17.9. The van der Waals surface area contributed by atoms with E-state index in [4.69, 9.17) is 5.73 Å². The van der Waals surface area contributed by atoms with Gasteiger partial charge in [-0.05, 0) is 18.2 Å². The fourth-order valence-electron chi connectivity index (χ4n) is 1.97. The van der Waals surface area contributed by atoms with E-state index in [2.05, 4.69) is 5.32 Å². The lowest BCUT2D eigenvalue weighted by Crippen LogP contribution is -2.28. The zero-order valence-corrected chi connectivity index (χ0v) is 12.1. The predicted molar refractivity (Wildman–Crippen MR) is 79.3 cm³/mol. The first-order valence-electron chi connectivity index (χ1n) is 6.65. The van der Waals surface area contributed by atoms with Crippen molar-refractivity contribution in [2.45, 2.75) is 12.7 Å². The average Bonchev–Trinajstić information content (AvgIpc) is 2.48. The number of carbonyl (C=O) groups excluding carboxylic acids is 2. The first-order chi connectivity index (χ1) is 11.2. The highest BCUT2D eigenvalue weighted by Gasteiger charge is 2.31. The van der Waals surface area contributed by atoms with Crippen LogP contribution < -0.4 is 16.6 Å². The van der Waals surface area contributed by atoms with E-state index in [9.17, 15) is 27.6 Å². The van der Waals surface area contributed by atoms with Crippen molar-refractivity contribution in [3.8, 4) is 0 Å². The van der Waals surface area contributed by atoms with E-state index >= 15 is 0 Å². The number of nitrogens with one attached hydrogen (secondary N) is 1. The lowest BCUT2D eigenvalue weighted by atomic mass is 10.1. The Bertz CT molecular complexity index is 844. The molecule has 1 aromatic heterocycles. The van der Waals surface area contributed by atoms with Crippen LogP contribution in [0.3, 0.4) is 0 Å². The van der Waals surface area contributed by atoms with E-state index in [1.165, 1.54) is 18.2 Å². The molecule has 0 saturated heterocycles. The molecule has 2 rings (SSSR count). The number of primary amides is 1. The van der Waals surface area contributed by atoms with Gasteiger partial charge in [0.2, 0.25) is 5.91 Å². The monoisotopic (exact) mass is 339 g/mol. The summed E-state index contributed by atoms with van der Waals surface area (Å²) in [5.41, 5.74) is 3.50. The topological polar surface area (TPSA) is 94.2 Å². The van der Waals surface area contributed by atoms with Crippen LogP contribution in [0.25, 0.3) is 0 Å². The minimum Gasteiger partial charge on any atom is -0.366 e. The fraction of sp³-hybridized carbons (Fsp3) is 0.133. The summed E-state index contributed by atoms with van der Waals surface area (Å²) >= 11 is 0. The molecule has 0 aliphatic carbocycles. The quantitative estimate of drug-likeness (QED) is 0.886. The van der Waals surface area contributed by atoms with Crippen LogP contribution in [0.2, 0.25) is 0 Å². The van der Waals surface area contributed by atoms with Gasteiger partial charge in [-0.15, -0.1) is 0 Å². The molecule has 6 nitrogen and oxygen atoms in total. The number of nitrogens with two attached hydrogens (primary N) is 1. The second-order valence-corrected chi connectivity index (χ2v) is 4.84. The van der Waals surface area contributed by atoms with Gasteiger partial charge in [0, 0.05) is 12.3 Å². The SMILES string of the molecule is NC(=O)c1ccccc1NC(=O)Cn1cc(C(F)(F)F)ccc1=O. The smallest absolute Gasteiger partial charge is 0.366 e. The molecule has 0 atom stereocenters. The Morgan fingerprint density at radius 3 is 2.42 bits per heavy atom. The Morgan fingerprint density at radius 2 is 1.79 bits per heavy atom. The van der Waals surface area contributed by atoms with Gasteiger partial charge in [-0.25, -0.2) is 0 Å². The number of carbonyl (C=O) groups is 2. The standard InChI is InChI=1S/C15H12F3N3O3/c16-15(17,18)9-5-6-13(23)21(7-9)8-12(22)20-11-4-2-1-3-10(11)14(19)24/h1-7H,8H2,(H2,19,24)(H,20,22). The molecule has 0 bridgehead atoms. The molecule has 2 amide bonds. The molecule has 1 aromatic carbocycles. The van der Waals surface area contributed by atoms with Crippen molar-refractivity contribution in [2.75, 3.05) is 5.32 Å². The lowest BCUT2D eigenvalue weighted by Gasteiger charge is -2.12. The molecule has 9 heteroatoms. The summed E-state index contributed by atoms with van der Waals surface area (Å²) in [6.07, 6.45) is -4.08. The van der Waals surface area contributed by atoms with Crippen LogP contribution >= 0.6 is 0 Å². The van der Waals surface area contributed by atoms with Crippen molar-refractivity contribution in [1.29, 1.82) is 0 Å². The van der Waals surface area contributed by atoms with Gasteiger partial charge in [0.05, 0.1) is 16.8 Å². The summed E-state index contributed by atoms with van der Waals surface area (Å²) in [6.45, 7) is -0.643. The van der Waals surface area contributed by atoms with Gasteiger partial charge in [-0.1, -0.05) is 12.1 Å². The van der Waals surface area contributed by atoms with Gasteiger partial charge in [0.25, 0.3) is 11.5 Å². The molecule has 0 fully saturated rings. The number of pyridine rings is 1. The molecular weight excluding hydrogens is 327 g/mol. The summed E-state index contributed by atoms with van der Waals surface area (Å²) in [4.78, 5) is 34.8. The second-order valence-electron chi connectivity index (χ2n) is 4.84. The molecule has 0 unspecified atom stereocenters. The molecule has 24 heavy (non-hydrogen) atoms. The third kappa shape index (κ3) is 4.00. The van der Waals surface area contributed by atoms with Gasteiger partial charge >= 0.3 is 6.18 Å². The Kier molecular flexibility index (Phi) is 4.72. The molecule has 0 saturated carbocycles. The summed E-state index contributed by atoms with van der Waals surface area (Å²) in [5, 5.41) is 2.35. The van der Waals surface area contributed by atoms with Crippen molar-refractivity contribution in [2.24, 2.45) is 5.73 Å². The third-order valence-corrected chi connectivity index (χ3v) is 3.09. The van der Waals surface area contributed by atoms with Crippen LogP contribution in [0.5, 0.6) is 0 Å². The minimum absolute atomic E-state index is 0.0437. The maximum atomic E-state index is 12.7. The summed E-state index contributed by atoms with van der Waals surface area (Å²) < 4.78 is 38.6. The van der Waals surface area contributed by atoms with Gasteiger partial charge in [-0.3, -0.25) is 14.4 Å². The average molecular weight is 339 g/mol. The normalized spacial score (nSPS) is 11.1. The highest BCUT2D eigenvalue weighted by atomic mass is 19.4. The zero-order valence-electron chi connectivity index (χ0n) is 12.1. The minimum atomic E-state index is -4.63. The van der Waals surface area contributed by atoms with Crippen molar-refractivity contribution in [3.63, 3.8) is 0 Å². The van der Waals surface area contributed by atoms with Gasteiger partial charge < -0.3 is 15.6 Å². The van der Waals surface area contributed by atoms with Crippen LogP contribution in [-0.2, 0) is 17.5 Å². The van der Waals surface area contributed by atoms with Gasteiger partial charge in [0.15, 0.2) is 0 Å². The molecule has 1 heterocycles. The molecule has 0 aliphatic rings. The Balaban J connectivity index is 2.22. The molecule has 0 spiro atoms. The molecule has 0 radical (unpaired) electrons. The Hall–Kier alpha value is -3.10. The number of amides is 2. The van der Waals surface area contributed by atoms with E-state index < -0.39 is 35.7 Å². The summed E-state index contributed by atoms with van der Waals surface area (Å²) in [6, 6.07) is 7.24. The second kappa shape index (κ2) is 6.57. The van der Waals surface area contributed by atoms with Crippen molar-refractivity contribution >= 4 is 17.5 Å². The number of nitrogens with zero attached hydrogens (tertiary/aromatic N) is 1. The van der Waals surface area contributed by atoms with E-state index in [1.54, 1.807) is 6.07 Å². The predicted octanol–water partition coefficient (Wildman–Crippen LogP) is 1.60. The van der Waals surface area contributed by atoms with E-state index in [0.717, 1.165) is 6.07 Å². The first-order valence-corrected chi connectivity index (χ1v) is 6.65. The molecule has 3 N–H and O–H groups in total. The van der Waals surface area contributed by atoms with Crippen LogP contribution in [-0.4, -0.2) is 16.4 Å². The maximum absolute atomic E-state index is 12.7. The van der Waals surface area contributed by atoms with E-state index in [0.29, 0.717) is 16.8 Å². The number of hydrogen-bond acceptors (Lipinski definition) is 3. The molecule has 0 aliphatic heterocycles.